The monoisotopic (exact) mass is 323 g/mol. The quantitative estimate of drug-likeness (QED) is 0.507. The Morgan fingerprint density at radius 2 is 1.28 bits per heavy atom. The molecule has 0 aliphatic rings. The van der Waals surface area contributed by atoms with E-state index in [-0.39, 0.29) is 0 Å². The van der Waals surface area contributed by atoms with Crippen molar-refractivity contribution in [2.75, 3.05) is 5.32 Å². The topological polar surface area (TPSA) is 12.0 Å². The highest BCUT2D eigenvalue weighted by atomic mass is 14.9. The van der Waals surface area contributed by atoms with Crippen molar-refractivity contribution in [2.24, 2.45) is 0 Å². The number of allylic oxidation sites excluding steroid dienone is 3. The Balaban J connectivity index is 1.75. The van der Waals surface area contributed by atoms with Crippen LogP contribution in [0.15, 0.2) is 116 Å². The molecule has 0 aromatic heterocycles. The van der Waals surface area contributed by atoms with Gasteiger partial charge in [0, 0.05) is 11.4 Å². The van der Waals surface area contributed by atoms with Crippen molar-refractivity contribution in [1.82, 2.24) is 0 Å². The summed E-state index contributed by atoms with van der Waals surface area (Å²) in [6, 6.07) is 28.9. The normalized spacial score (nSPS) is 11.0. The van der Waals surface area contributed by atoms with Gasteiger partial charge in [0.25, 0.3) is 0 Å². The van der Waals surface area contributed by atoms with Crippen LogP contribution in [0.2, 0.25) is 0 Å². The molecule has 3 aromatic rings. The summed E-state index contributed by atoms with van der Waals surface area (Å²) in [5.41, 5.74) is 6.40. The van der Waals surface area contributed by atoms with Gasteiger partial charge in [0.05, 0.1) is 0 Å². The van der Waals surface area contributed by atoms with Gasteiger partial charge in [0.2, 0.25) is 0 Å². The highest BCUT2D eigenvalue weighted by molar-refractivity contribution is 5.74. The van der Waals surface area contributed by atoms with Gasteiger partial charge in [0.15, 0.2) is 0 Å². The predicted octanol–water partition coefficient (Wildman–Crippen LogP) is 6.55. The molecule has 0 fully saturated rings. The van der Waals surface area contributed by atoms with E-state index in [9.17, 15) is 0 Å². The van der Waals surface area contributed by atoms with Gasteiger partial charge in [-0.3, -0.25) is 0 Å². The van der Waals surface area contributed by atoms with Crippen molar-refractivity contribution in [3.8, 4) is 11.1 Å². The van der Waals surface area contributed by atoms with Crippen LogP contribution in [0.4, 0.5) is 5.69 Å². The maximum Gasteiger partial charge on any atom is 0.0384 e. The Morgan fingerprint density at radius 3 is 1.88 bits per heavy atom. The molecular weight excluding hydrogens is 302 g/mol. The van der Waals surface area contributed by atoms with Gasteiger partial charge >= 0.3 is 0 Å². The van der Waals surface area contributed by atoms with Gasteiger partial charge in [-0.15, -0.1) is 0 Å². The Kier molecular flexibility index (Phi) is 5.28. The molecule has 0 atom stereocenters. The lowest BCUT2D eigenvalue weighted by Crippen LogP contribution is -1.97. The summed E-state index contributed by atoms with van der Waals surface area (Å²) in [7, 11) is 0. The third-order valence-corrected chi connectivity index (χ3v) is 3.97. The summed E-state index contributed by atoms with van der Waals surface area (Å²) in [5, 5.41) is 3.39. The molecule has 25 heavy (non-hydrogen) atoms. The van der Waals surface area contributed by atoms with Gasteiger partial charge < -0.3 is 5.32 Å². The zero-order valence-electron chi connectivity index (χ0n) is 14.2. The van der Waals surface area contributed by atoms with Crippen molar-refractivity contribution in [3.05, 3.63) is 121 Å². The van der Waals surface area contributed by atoms with E-state index in [1.807, 2.05) is 42.5 Å². The van der Waals surface area contributed by atoms with Crippen LogP contribution in [-0.2, 0) is 0 Å². The molecule has 3 rings (SSSR count). The molecule has 0 saturated heterocycles. The third kappa shape index (κ3) is 4.36. The minimum Gasteiger partial charge on any atom is -0.356 e. The average Bonchev–Trinajstić information content (AvgIpc) is 2.69. The molecule has 0 amide bonds. The number of hydrogen-bond acceptors (Lipinski definition) is 1. The maximum atomic E-state index is 4.14. The van der Waals surface area contributed by atoms with Gasteiger partial charge in [-0.05, 0) is 46.5 Å². The van der Waals surface area contributed by atoms with Crippen LogP contribution < -0.4 is 5.32 Å². The highest BCUT2D eigenvalue weighted by Crippen LogP contribution is 2.22. The second kappa shape index (κ2) is 7.98. The van der Waals surface area contributed by atoms with Crippen LogP contribution in [0, 0.1) is 0 Å². The van der Waals surface area contributed by atoms with Crippen molar-refractivity contribution >= 4 is 11.3 Å². The molecule has 0 bridgehead atoms. The molecule has 0 aliphatic heterocycles. The SMILES string of the molecule is C=C/C(=C\C(=C)c1ccccc1)Nc1ccc(-c2ccccc2)cc1. The average molecular weight is 323 g/mol. The first-order valence-corrected chi connectivity index (χ1v) is 8.27. The van der Waals surface area contributed by atoms with Crippen LogP contribution in [0.1, 0.15) is 5.56 Å². The lowest BCUT2D eigenvalue weighted by atomic mass is 10.1. The second-order valence-corrected chi connectivity index (χ2v) is 5.76. The van der Waals surface area contributed by atoms with Crippen LogP contribution >= 0.6 is 0 Å². The fourth-order valence-corrected chi connectivity index (χ4v) is 2.61. The largest absolute Gasteiger partial charge is 0.356 e. The number of hydrogen-bond donors (Lipinski definition) is 1. The van der Waals surface area contributed by atoms with E-state index in [4.69, 9.17) is 0 Å². The lowest BCUT2D eigenvalue weighted by molar-refractivity contribution is 1.47. The molecule has 1 heteroatoms. The van der Waals surface area contributed by atoms with Crippen LogP contribution in [0.5, 0.6) is 0 Å². The van der Waals surface area contributed by atoms with Crippen molar-refractivity contribution in [2.45, 2.75) is 0 Å². The molecule has 0 unspecified atom stereocenters. The van der Waals surface area contributed by atoms with E-state index in [1.165, 1.54) is 11.1 Å². The van der Waals surface area contributed by atoms with Crippen molar-refractivity contribution < 1.29 is 0 Å². The van der Waals surface area contributed by atoms with Crippen molar-refractivity contribution in [3.63, 3.8) is 0 Å². The Bertz CT molecular complexity index is 872. The van der Waals surface area contributed by atoms with E-state index in [0.29, 0.717) is 0 Å². The van der Waals surface area contributed by atoms with Gasteiger partial charge in [0.1, 0.15) is 0 Å². The fourth-order valence-electron chi connectivity index (χ4n) is 2.61. The van der Waals surface area contributed by atoms with Crippen molar-refractivity contribution in [1.29, 1.82) is 0 Å². The molecule has 0 radical (unpaired) electrons. The van der Waals surface area contributed by atoms with Gasteiger partial charge in [-0.1, -0.05) is 86.0 Å². The minimum absolute atomic E-state index is 0.918. The van der Waals surface area contributed by atoms with E-state index in [1.54, 1.807) is 6.08 Å². The smallest absolute Gasteiger partial charge is 0.0384 e. The number of nitrogens with one attached hydrogen (secondary N) is 1. The van der Waals surface area contributed by atoms with Gasteiger partial charge in [-0.2, -0.15) is 0 Å². The Labute approximate surface area is 149 Å². The molecule has 0 saturated carbocycles. The van der Waals surface area contributed by atoms with Crippen LogP contribution in [0.3, 0.4) is 0 Å². The summed E-state index contributed by atoms with van der Waals surface area (Å²) in [5.74, 6) is 0. The number of rotatable bonds is 6. The molecular formula is C24H21N. The zero-order valence-corrected chi connectivity index (χ0v) is 14.2. The molecule has 0 heterocycles. The van der Waals surface area contributed by atoms with Gasteiger partial charge in [-0.25, -0.2) is 0 Å². The summed E-state index contributed by atoms with van der Waals surface area (Å²) < 4.78 is 0. The third-order valence-electron chi connectivity index (χ3n) is 3.97. The molecule has 1 N–H and O–H groups in total. The molecule has 0 aliphatic carbocycles. The Hall–Kier alpha value is -3.32. The zero-order chi connectivity index (χ0) is 17.5. The molecule has 3 aromatic carbocycles. The van der Waals surface area contributed by atoms with E-state index < -0.39 is 0 Å². The summed E-state index contributed by atoms with van der Waals surface area (Å²) in [6.07, 6.45) is 3.81. The van der Waals surface area contributed by atoms with Crippen LogP contribution in [0.25, 0.3) is 16.7 Å². The second-order valence-electron chi connectivity index (χ2n) is 5.76. The molecule has 122 valence electrons. The molecule has 1 nitrogen and oxygen atoms in total. The summed E-state index contributed by atoms with van der Waals surface area (Å²) >= 11 is 0. The lowest BCUT2D eigenvalue weighted by Gasteiger charge is -2.10. The number of anilines is 1. The summed E-state index contributed by atoms with van der Waals surface area (Å²) in [6.45, 7) is 8.04. The van der Waals surface area contributed by atoms with Crippen LogP contribution in [-0.4, -0.2) is 0 Å². The first-order chi connectivity index (χ1) is 12.3. The van der Waals surface area contributed by atoms with E-state index in [2.05, 4.69) is 67.0 Å². The van der Waals surface area contributed by atoms with E-state index >= 15 is 0 Å². The highest BCUT2D eigenvalue weighted by Gasteiger charge is 2.00. The first kappa shape index (κ1) is 16.5. The standard InChI is InChI=1S/C24H21N/c1-3-23(18-19(2)20-10-6-4-7-11-20)25-24-16-14-22(15-17-24)21-12-8-5-9-13-21/h3-18,25H,1-2H2/b23-18+. The molecule has 0 spiro atoms. The predicted molar refractivity (Wildman–Crippen MR) is 109 cm³/mol. The maximum absolute atomic E-state index is 4.14. The Morgan fingerprint density at radius 1 is 0.720 bits per heavy atom. The summed E-state index contributed by atoms with van der Waals surface area (Å²) in [4.78, 5) is 0. The number of benzene rings is 3. The fraction of sp³-hybridized carbons (Fsp3) is 0. The minimum atomic E-state index is 0.918. The first-order valence-electron chi connectivity index (χ1n) is 8.27. The van der Waals surface area contributed by atoms with E-state index in [0.717, 1.165) is 22.5 Å².